The number of benzene rings is 1. The lowest BCUT2D eigenvalue weighted by molar-refractivity contribution is -0.129. The summed E-state index contributed by atoms with van der Waals surface area (Å²) in [5.41, 5.74) is 1.02. The Hall–Kier alpha value is -3.82. The molecule has 1 aliphatic rings. The monoisotopic (exact) mass is 644 g/mol. The Morgan fingerprint density at radius 2 is 1.86 bits per heavy atom. The fraction of sp³-hybridized carbons (Fsp3) is 0.500. The summed E-state index contributed by atoms with van der Waals surface area (Å²) in [6.07, 6.45) is -6.03. The topological polar surface area (TPSA) is 126 Å². The van der Waals surface area contributed by atoms with Crippen LogP contribution in [0.25, 0.3) is 22.3 Å². The van der Waals surface area contributed by atoms with Crippen molar-refractivity contribution in [2.75, 3.05) is 28.9 Å². The summed E-state index contributed by atoms with van der Waals surface area (Å²) >= 11 is 0. The number of hydrogen-bond donors (Lipinski definition) is 2. The molecule has 1 amide bonds. The van der Waals surface area contributed by atoms with Crippen molar-refractivity contribution in [3.05, 3.63) is 41.8 Å². The Morgan fingerprint density at radius 1 is 1.14 bits per heavy atom. The van der Waals surface area contributed by atoms with E-state index in [0.717, 1.165) is 17.7 Å². The minimum absolute atomic E-state index is 0.0795. The van der Waals surface area contributed by atoms with Crippen LogP contribution in [0.1, 0.15) is 46.1 Å². The summed E-state index contributed by atoms with van der Waals surface area (Å²) in [5.74, 6) is -2.02. The normalized spacial score (nSPS) is 17.9. The van der Waals surface area contributed by atoms with E-state index in [2.05, 4.69) is 20.3 Å². The van der Waals surface area contributed by atoms with Crippen molar-refractivity contribution in [2.45, 2.75) is 70.9 Å². The van der Waals surface area contributed by atoms with Gasteiger partial charge < -0.3 is 15.0 Å². The number of nitrogens with one attached hydrogen (secondary N) is 2. The quantitative estimate of drug-likeness (QED) is 0.293. The molecule has 1 saturated heterocycles. The van der Waals surface area contributed by atoms with E-state index in [1.165, 1.54) is 17.2 Å². The van der Waals surface area contributed by atoms with Crippen molar-refractivity contribution in [1.82, 2.24) is 19.9 Å². The number of carbonyl (C=O) groups excluding carboxylic acids is 1. The van der Waals surface area contributed by atoms with E-state index >= 15 is 0 Å². The third-order valence-corrected chi connectivity index (χ3v) is 7.85. The first kappa shape index (κ1) is 33.1. The Morgan fingerprint density at radius 3 is 2.50 bits per heavy atom. The first-order valence-corrected chi connectivity index (χ1v) is 15.5. The Bertz CT molecular complexity index is 1630. The predicted octanol–water partition coefficient (Wildman–Crippen LogP) is 5.85. The lowest BCUT2D eigenvalue weighted by Crippen LogP contribution is -2.51. The number of alkyl halides is 4. The Balaban J connectivity index is 1.53. The molecule has 2 aromatic heterocycles. The Kier molecular flexibility index (Phi) is 9.51. The number of aryl methyl sites for hydroxylation is 1. The van der Waals surface area contributed by atoms with Gasteiger partial charge in [-0.3, -0.25) is 4.72 Å². The molecule has 4 rings (SSSR count). The van der Waals surface area contributed by atoms with Gasteiger partial charge in [-0.15, -0.1) is 0 Å². The van der Waals surface area contributed by atoms with Crippen LogP contribution < -0.4 is 10.0 Å². The first-order valence-electron chi connectivity index (χ1n) is 13.8. The zero-order chi connectivity index (χ0) is 32.4. The average Bonchev–Trinajstić information content (AvgIpc) is 2.91. The van der Waals surface area contributed by atoms with Crippen molar-refractivity contribution in [1.29, 1.82) is 0 Å². The minimum atomic E-state index is -4.67. The number of aromatic nitrogens is 3. The molecule has 0 unspecified atom stereocenters. The van der Waals surface area contributed by atoms with Crippen molar-refractivity contribution < 1.29 is 39.9 Å². The number of ether oxygens (including phenoxy) is 1. The fourth-order valence-corrected chi connectivity index (χ4v) is 5.70. The van der Waals surface area contributed by atoms with Gasteiger partial charge in [-0.1, -0.05) is 13.0 Å². The van der Waals surface area contributed by atoms with Crippen LogP contribution in [-0.2, 0) is 21.2 Å². The molecule has 1 aromatic carbocycles. The number of halogens is 5. The predicted molar refractivity (Wildman–Crippen MR) is 155 cm³/mol. The highest BCUT2D eigenvalue weighted by Crippen LogP contribution is 2.29. The number of pyridine rings is 1. The summed E-state index contributed by atoms with van der Waals surface area (Å²) in [7, 11) is -4.43. The molecule has 0 radical (unpaired) electrons. The number of hydrogen-bond acceptors (Lipinski definition) is 8. The lowest BCUT2D eigenvalue weighted by Gasteiger charge is -2.36. The number of fused-ring (bicyclic) bond motifs is 1. The van der Waals surface area contributed by atoms with Crippen molar-refractivity contribution in [3.8, 4) is 11.3 Å². The maximum Gasteiger partial charge on any atom is 0.410 e. The Labute approximate surface area is 251 Å². The van der Waals surface area contributed by atoms with Gasteiger partial charge in [-0.05, 0) is 51.0 Å². The number of rotatable bonds is 8. The fourth-order valence-electron chi connectivity index (χ4n) is 4.60. The summed E-state index contributed by atoms with van der Waals surface area (Å²) < 4.78 is 97.9. The van der Waals surface area contributed by atoms with Crippen LogP contribution in [0, 0.1) is 5.82 Å². The van der Waals surface area contributed by atoms with Gasteiger partial charge in [0.25, 0.3) is 0 Å². The second-order valence-corrected chi connectivity index (χ2v) is 13.3. The molecule has 0 saturated carbocycles. The van der Waals surface area contributed by atoms with Crippen LogP contribution >= 0.6 is 0 Å². The largest absolute Gasteiger partial charge is 0.444 e. The number of carbonyl (C=O) groups is 1. The van der Waals surface area contributed by atoms with Gasteiger partial charge in [0.15, 0.2) is 0 Å². The van der Waals surface area contributed by atoms with E-state index in [0.29, 0.717) is 23.1 Å². The summed E-state index contributed by atoms with van der Waals surface area (Å²) in [6.45, 7) is 7.17. The lowest BCUT2D eigenvalue weighted by atomic mass is 10.0. The van der Waals surface area contributed by atoms with Gasteiger partial charge in [-0.25, -0.2) is 36.9 Å². The van der Waals surface area contributed by atoms with Gasteiger partial charge in [0.05, 0.1) is 41.8 Å². The SMILES string of the molecule is CCc1cc(-c2ccc(NS(=O)(=O)CCC(F)(F)F)c(F)c2)nc2cnc(N[C@H]3C[C@H](F)CN(C(=O)OC(C)(C)C)C3)nc12. The number of likely N-dealkylation sites (tertiary alicyclic amines) is 1. The maximum atomic E-state index is 14.8. The van der Waals surface area contributed by atoms with Gasteiger partial charge in [0, 0.05) is 24.6 Å². The van der Waals surface area contributed by atoms with Crippen molar-refractivity contribution >= 4 is 38.8 Å². The van der Waals surface area contributed by atoms with Gasteiger partial charge >= 0.3 is 12.3 Å². The van der Waals surface area contributed by atoms with Crippen LogP contribution in [0.2, 0.25) is 0 Å². The van der Waals surface area contributed by atoms with Gasteiger partial charge in [-0.2, -0.15) is 13.2 Å². The zero-order valence-electron chi connectivity index (χ0n) is 24.5. The van der Waals surface area contributed by atoms with Gasteiger partial charge in [0.1, 0.15) is 23.1 Å². The number of anilines is 2. The third-order valence-electron chi connectivity index (χ3n) is 6.58. The first-order chi connectivity index (χ1) is 20.4. The highest BCUT2D eigenvalue weighted by molar-refractivity contribution is 7.92. The zero-order valence-corrected chi connectivity index (χ0v) is 25.3. The maximum absolute atomic E-state index is 14.8. The molecule has 10 nitrogen and oxygen atoms in total. The molecule has 1 fully saturated rings. The summed E-state index contributed by atoms with van der Waals surface area (Å²) in [5, 5.41) is 3.09. The van der Waals surface area contributed by atoms with E-state index in [9.17, 15) is 35.2 Å². The smallest absolute Gasteiger partial charge is 0.410 e. The van der Waals surface area contributed by atoms with Crippen molar-refractivity contribution in [3.63, 3.8) is 0 Å². The number of amides is 1. The van der Waals surface area contributed by atoms with E-state index in [4.69, 9.17) is 4.74 Å². The molecular weight excluding hydrogens is 611 g/mol. The molecule has 2 N–H and O–H groups in total. The summed E-state index contributed by atoms with van der Waals surface area (Å²) in [6, 6.07) is 4.73. The summed E-state index contributed by atoms with van der Waals surface area (Å²) in [4.78, 5) is 27.2. The second-order valence-electron chi connectivity index (χ2n) is 11.5. The van der Waals surface area contributed by atoms with E-state index < -0.39 is 63.8 Å². The van der Waals surface area contributed by atoms with Crippen LogP contribution in [-0.4, -0.2) is 77.2 Å². The molecule has 0 bridgehead atoms. The molecule has 44 heavy (non-hydrogen) atoms. The minimum Gasteiger partial charge on any atom is -0.444 e. The van der Waals surface area contributed by atoms with E-state index in [1.807, 2.05) is 11.6 Å². The molecular formula is C28H33F5N6O4S. The molecule has 3 aromatic rings. The third kappa shape index (κ3) is 8.86. The second kappa shape index (κ2) is 12.7. The van der Waals surface area contributed by atoms with Crippen LogP contribution in [0.4, 0.5) is 38.4 Å². The van der Waals surface area contributed by atoms with E-state index in [1.54, 1.807) is 26.8 Å². The number of nitrogens with zero attached hydrogens (tertiary/aromatic N) is 4. The molecule has 240 valence electrons. The molecule has 0 spiro atoms. The molecule has 2 atom stereocenters. The molecule has 16 heteroatoms. The van der Waals surface area contributed by atoms with Crippen LogP contribution in [0.3, 0.4) is 0 Å². The molecule has 1 aliphatic heterocycles. The van der Waals surface area contributed by atoms with E-state index in [-0.39, 0.29) is 31.0 Å². The highest BCUT2D eigenvalue weighted by Gasteiger charge is 2.33. The standard InChI is InChI=1S/C28H33F5N6O4S/c1-5-16-11-22(17-6-7-21(20(30)10-17)38-44(41,42)9-8-28(31,32)33)36-23-13-34-25(37-24(16)23)35-19-12-18(29)14-39(15-19)26(40)43-27(2,3)4/h6-7,10-11,13,18-19,38H,5,8-9,12,14-15H2,1-4H3,(H,34,35,37)/t18-,19-/m0/s1. The van der Waals surface area contributed by atoms with Gasteiger partial charge in [0.2, 0.25) is 16.0 Å². The highest BCUT2D eigenvalue weighted by atomic mass is 32.2. The average molecular weight is 645 g/mol. The van der Waals surface area contributed by atoms with Crippen molar-refractivity contribution in [2.24, 2.45) is 0 Å². The van der Waals surface area contributed by atoms with Crippen LogP contribution in [0.15, 0.2) is 30.5 Å². The van der Waals surface area contributed by atoms with Crippen LogP contribution in [0.5, 0.6) is 0 Å². The number of piperidine rings is 1. The molecule has 0 aliphatic carbocycles. The number of sulfonamides is 1. The molecule has 3 heterocycles.